The van der Waals surface area contributed by atoms with E-state index in [9.17, 15) is 22.7 Å². The van der Waals surface area contributed by atoms with Crippen molar-refractivity contribution in [2.75, 3.05) is 42.9 Å². The lowest BCUT2D eigenvalue weighted by Crippen LogP contribution is -2.46. The Morgan fingerprint density at radius 3 is 2.34 bits per heavy atom. The van der Waals surface area contributed by atoms with E-state index in [1.807, 2.05) is 4.90 Å². The second kappa shape index (κ2) is 10.3. The van der Waals surface area contributed by atoms with Gasteiger partial charge in [-0.3, -0.25) is 9.62 Å². The summed E-state index contributed by atoms with van der Waals surface area (Å²) in [6, 6.07) is 17.0. The third-order valence-corrected chi connectivity index (χ3v) is 7.30. The molecule has 3 aromatic carbocycles. The first-order chi connectivity index (χ1) is 16.8. The van der Waals surface area contributed by atoms with E-state index in [1.165, 1.54) is 49.6 Å². The number of nitrogens with zero attached hydrogens (tertiary/aromatic N) is 2. The molecule has 1 aliphatic heterocycles. The SMILES string of the molecule is COc1ccc(S(=O)(=O)Nc2cc(C(=O)O)ccc2N2CCN(Cc3ccccc3F)CC2)cc1. The maximum absolute atomic E-state index is 14.0. The Balaban J connectivity index is 1.54. The van der Waals surface area contributed by atoms with Gasteiger partial charge in [-0.25, -0.2) is 17.6 Å². The van der Waals surface area contributed by atoms with Crippen LogP contribution in [0, 0.1) is 5.82 Å². The summed E-state index contributed by atoms with van der Waals surface area (Å²) in [5.74, 6) is -0.878. The highest BCUT2D eigenvalue weighted by Crippen LogP contribution is 2.31. The number of halogens is 1. The van der Waals surface area contributed by atoms with Crippen LogP contribution in [0.25, 0.3) is 0 Å². The van der Waals surface area contributed by atoms with Gasteiger partial charge in [0, 0.05) is 38.3 Å². The number of hydrogen-bond acceptors (Lipinski definition) is 6. The number of nitrogens with one attached hydrogen (secondary N) is 1. The van der Waals surface area contributed by atoms with Gasteiger partial charge in [-0.2, -0.15) is 0 Å². The smallest absolute Gasteiger partial charge is 0.335 e. The Hall–Kier alpha value is -3.63. The van der Waals surface area contributed by atoms with Crippen LogP contribution in [0.1, 0.15) is 15.9 Å². The lowest BCUT2D eigenvalue weighted by atomic mass is 10.1. The van der Waals surface area contributed by atoms with Crippen LogP contribution in [-0.4, -0.2) is 57.7 Å². The topological polar surface area (TPSA) is 99.2 Å². The Labute approximate surface area is 203 Å². The highest BCUT2D eigenvalue weighted by molar-refractivity contribution is 7.92. The summed E-state index contributed by atoms with van der Waals surface area (Å²) in [5.41, 5.74) is 1.36. The van der Waals surface area contributed by atoms with Crippen LogP contribution in [0.15, 0.2) is 71.6 Å². The normalized spacial score (nSPS) is 14.5. The number of carboxylic acid groups (broad SMARTS) is 1. The molecule has 0 saturated carbocycles. The van der Waals surface area contributed by atoms with Crippen molar-refractivity contribution in [2.24, 2.45) is 0 Å². The highest BCUT2D eigenvalue weighted by Gasteiger charge is 2.24. The van der Waals surface area contributed by atoms with Gasteiger partial charge in [0.1, 0.15) is 11.6 Å². The summed E-state index contributed by atoms with van der Waals surface area (Å²) in [7, 11) is -2.49. The van der Waals surface area contributed by atoms with Crippen LogP contribution in [0.4, 0.5) is 15.8 Å². The predicted molar refractivity (Wildman–Crippen MR) is 131 cm³/mol. The Kier molecular flexibility index (Phi) is 7.23. The molecule has 35 heavy (non-hydrogen) atoms. The summed E-state index contributed by atoms with van der Waals surface area (Å²) >= 11 is 0. The number of anilines is 2. The molecule has 0 aromatic heterocycles. The number of carboxylic acids is 1. The van der Waals surface area contributed by atoms with Crippen molar-refractivity contribution in [1.82, 2.24) is 4.90 Å². The van der Waals surface area contributed by atoms with E-state index in [-0.39, 0.29) is 22.0 Å². The summed E-state index contributed by atoms with van der Waals surface area (Å²) in [4.78, 5) is 15.7. The van der Waals surface area contributed by atoms with E-state index in [1.54, 1.807) is 24.3 Å². The number of hydrogen-bond donors (Lipinski definition) is 2. The van der Waals surface area contributed by atoms with Crippen molar-refractivity contribution in [3.05, 3.63) is 83.7 Å². The Morgan fingerprint density at radius 2 is 1.71 bits per heavy atom. The van der Waals surface area contributed by atoms with E-state index in [0.717, 1.165) is 0 Å². The standard InChI is InChI=1S/C25H26FN3O5S/c1-34-20-7-9-21(10-8-20)35(32,33)27-23-16-18(25(30)31)6-11-24(23)29-14-12-28(13-15-29)17-19-4-2-3-5-22(19)26/h2-11,16,27H,12-15,17H2,1H3,(H,30,31). The van der Waals surface area contributed by atoms with Gasteiger partial charge in [0.05, 0.1) is 28.9 Å². The van der Waals surface area contributed by atoms with Crippen molar-refractivity contribution in [3.63, 3.8) is 0 Å². The predicted octanol–water partition coefficient (Wildman–Crippen LogP) is 3.66. The fraction of sp³-hybridized carbons (Fsp3) is 0.240. The summed E-state index contributed by atoms with van der Waals surface area (Å²) < 4.78 is 47.7. The highest BCUT2D eigenvalue weighted by atomic mass is 32.2. The average Bonchev–Trinajstić information content (AvgIpc) is 2.86. The van der Waals surface area contributed by atoms with E-state index >= 15 is 0 Å². The van der Waals surface area contributed by atoms with Crippen molar-refractivity contribution < 1.29 is 27.4 Å². The fourth-order valence-corrected chi connectivity index (χ4v) is 5.06. The molecule has 184 valence electrons. The van der Waals surface area contributed by atoms with Gasteiger partial charge >= 0.3 is 5.97 Å². The van der Waals surface area contributed by atoms with Crippen molar-refractivity contribution in [2.45, 2.75) is 11.4 Å². The zero-order chi connectivity index (χ0) is 25.0. The second-order valence-electron chi connectivity index (χ2n) is 8.17. The first-order valence-electron chi connectivity index (χ1n) is 11.0. The minimum atomic E-state index is -3.98. The first kappa shape index (κ1) is 24.5. The number of piperazine rings is 1. The molecule has 0 amide bonds. The first-order valence-corrected chi connectivity index (χ1v) is 12.5. The summed E-state index contributed by atoms with van der Waals surface area (Å²) in [6.45, 7) is 2.89. The monoisotopic (exact) mass is 499 g/mol. The van der Waals surface area contributed by atoms with Gasteiger partial charge in [0.15, 0.2) is 0 Å². The van der Waals surface area contributed by atoms with Gasteiger partial charge < -0.3 is 14.7 Å². The largest absolute Gasteiger partial charge is 0.497 e. The average molecular weight is 500 g/mol. The molecular formula is C25H26FN3O5S. The number of benzene rings is 3. The molecule has 1 saturated heterocycles. The molecule has 10 heteroatoms. The molecular weight excluding hydrogens is 473 g/mol. The van der Waals surface area contributed by atoms with Gasteiger partial charge in [-0.1, -0.05) is 18.2 Å². The fourth-order valence-electron chi connectivity index (χ4n) is 4.00. The van der Waals surface area contributed by atoms with Crippen LogP contribution >= 0.6 is 0 Å². The molecule has 2 N–H and O–H groups in total. The number of aromatic carboxylic acids is 1. The number of ether oxygens (including phenoxy) is 1. The van der Waals surface area contributed by atoms with Gasteiger partial charge in [-0.15, -0.1) is 0 Å². The zero-order valence-electron chi connectivity index (χ0n) is 19.1. The second-order valence-corrected chi connectivity index (χ2v) is 9.86. The number of methoxy groups -OCH3 is 1. The Morgan fingerprint density at radius 1 is 1.03 bits per heavy atom. The molecule has 0 radical (unpaired) electrons. The molecule has 8 nitrogen and oxygen atoms in total. The number of carbonyl (C=O) groups is 1. The third kappa shape index (κ3) is 5.72. The third-order valence-electron chi connectivity index (χ3n) is 5.92. The maximum Gasteiger partial charge on any atom is 0.335 e. The summed E-state index contributed by atoms with van der Waals surface area (Å²) in [6.07, 6.45) is 0. The van der Waals surface area contributed by atoms with Crippen molar-refractivity contribution in [3.8, 4) is 5.75 Å². The summed E-state index contributed by atoms with van der Waals surface area (Å²) in [5, 5.41) is 9.44. The number of sulfonamides is 1. The minimum absolute atomic E-state index is 0.0275. The molecule has 4 rings (SSSR count). The van der Waals surface area contributed by atoms with Crippen LogP contribution in [-0.2, 0) is 16.6 Å². The lowest BCUT2D eigenvalue weighted by Gasteiger charge is -2.37. The molecule has 1 fully saturated rings. The molecule has 0 bridgehead atoms. The molecule has 0 spiro atoms. The Bertz CT molecular complexity index is 1310. The van der Waals surface area contributed by atoms with Crippen molar-refractivity contribution >= 4 is 27.4 Å². The molecule has 0 unspecified atom stereocenters. The van der Waals surface area contributed by atoms with Gasteiger partial charge in [0.2, 0.25) is 0 Å². The van der Waals surface area contributed by atoms with Gasteiger partial charge in [-0.05, 0) is 48.5 Å². The van der Waals surface area contributed by atoms with Crippen LogP contribution in [0.2, 0.25) is 0 Å². The molecule has 0 aliphatic carbocycles. The van der Waals surface area contributed by atoms with E-state index < -0.39 is 16.0 Å². The van der Waals surface area contributed by atoms with Crippen LogP contribution in [0.5, 0.6) is 5.75 Å². The lowest BCUT2D eigenvalue weighted by molar-refractivity contribution is 0.0697. The molecule has 0 atom stereocenters. The van der Waals surface area contributed by atoms with Crippen LogP contribution < -0.4 is 14.4 Å². The van der Waals surface area contributed by atoms with E-state index in [4.69, 9.17) is 4.74 Å². The van der Waals surface area contributed by atoms with Crippen molar-refractivity contribution in [1.29, 1.82) is 0 Å². The minimum Gasteiger partial charge on any atom is -0.497 e. The maximum atomic E-state index is 14.0. The molecule has 1 aliphatic rings. The quantitative estimate of drug-likeness (QED) is 0.488. The van der Waals surface area contributed by atoms with E-state index in [2.05, 4.69) is 9.62 Å². The zero-order valence-corrected chi connectivity index (χ0v) is 20.0. The number of rotatable bonds is 8. The van der Waals surface area contributed by atoms with E-state index in [0.29, 0.717) is 49.7 Å². The van der Waals surface area contributed by atoms with Crippen LogP contribution in [0.3, 0.4) is 0 Å². The molecule has 1 heterocycles. The molecule has 3 aromatic rings. The van der Waals surface area contributed by atoms with Gasteiger partial charge in [0.25, 0.3) is 10.0 Å².